The van der Waals surface area contributed by atoms with E-state index in [2.05, 4.69) is 4.72 Å². The molecule has 0 bridgehead atoms. The molecule has 0 amide bonds. The van der Waals surface area contributed by atoms with Crippen molar-refractivity contribution in [3.8, 4) is 0 Å². The zero-order valence-corrected chi connectivity index (χ0v) is 10.3. The minimum atomic E-state index is -3.78. The van der Waals surface area contributed by atoms with E-state index in [1.165, 1.54) is 12.1 Å². The van der Waals surface area contributed by atoms with Crippen molar-refractivity contribution in [3.05, 3.63) is 29.6 Å². The summed E-state index contributed by atoms with van der Waals surface area (Å²) in [7, 11) is -3.78. The van der Waals surface area contributed by atoms with E-state index in [0.717, 1.165) is 6.07 Å². The van der Waals surface area contributed by atoms with Gasteiger partial charge in [-0.25, -0.2) is 17.5 Å². The van der Waals surface area contributed by atoms with E-state index >= 15 is 0 Å². The molecule has 4 nitrogen and oxygen atoms in total. The maximum absolute atomic E-state index is 13.5. The topological polar surface area (TPSA) is 72.2 Å². The number of nitrogens with two attached hydrogens (primary N) is 1. The summed E-state index contributed by atoms with van der Waals surface area (Å²) in [4.78, 5) is -0.294. The average molecular weight is 258 g/mol. The van der Waals surface area contributed by atoms with Crippen LogP contribution in [0, 0.1) is 12.7 Å². The Labute approximate surface area is 100 Å². The Morgan fingerprint density at radius 3 is 2.65 bits per heavy atom. The largest absolute Gasteiger partial charge is 0.328 e. The number of rotatable bonds is 3. The summed E-state index contributed by atoms with van der Waals surface area (Å²) in [6, 6.07) is 3.90. The molecular formula is C11H15FN2O2S. The third kappa shape index (κ3) is 2.65. The van der Waals surface area contributed by atoms with Gasteiger partial charge in [0, 0.05) is 12.1 Å². The summed E-state index contributed by atoms with van der Waals surface area (Å²) in [5, 5.41) is 0. The smallest absolute Gasteiger partial charge is 0.243 e. The van der Waals surface area contributed by atoms with E-state index in [0.29, 0.717) is 18.4 Å². The van der Waals surface area contributed by atoms with E-state index in [1.54, 1.807) is 6.92 Å². The summed E-state index contributed by atoms with van der Waals surface area (Å²) in [6.45, 7) is 1.72. The van der Waals surface area contributed by atoms with Crippen molar-refractivity contribution < 1.29 is 12.8 Å². The third-order valence-electron chi connectivity index (χ3n) is 2.87. The number of benzene rings is 1. The standard InChI is InChI=1S/C11H15FN2O2S/c1-7-2-3-10(12)11(4-7)17(15,16)14-9-5-8(13)6-9/h2-4,8-9,14H,5-6,13H2,1H3. The molecule has 1 aromatic carbocycles. The fourth-order valence-electron chi connectivity index (χ4n) is 1.86. The average Bonchev–Trinajstić information content (AvgIpc) is 2.19. The molecule has 1 saturated carbocycles. The van der Waals surface area contributed by atoms with E-state index in [9.17, 15) is 12.8 Å². The van der Waals surface area contributed by atoms with Crippen molar-refractivity contribution in [3.63, 3.8) is 0 Å². The molecular weight excluding hydrogens is 243 g/mol. The fraction of sp³-hybridized carbons (Fsp3) is 0.455. The molecule has 6 heteroatoms. The lowest BCUT2D eigenvalue weighted by molar-refractivity contribution is 0.326. The number of hydrogen-bond acceptors (Lipinski definition) is 3. The van der Waals surface area contributed by atoms with Crippen LogP contribution >= 0.6 is 0 Å². The summed E-state index contributed by atoms with van der Waals surface area (Å²) in [6.07, 6.45) is 1.21. The minimum Gasteiger partial charge on any atom is -0.328 e. The Balaban J connectivity index is 2.22. The third-order valence-corrected chi connectivity index (χ3v) is 4.41. The number of nitrogens with one attached hydrogen (secondary N) is 1. The van der Waals surface area contributed by atoms with Gasteiger partial charge in [-0.2, -0.15) is 0 Å². The summed E-state index contributed by atoms with van der Waals surface area (Å²) in [5.74, 6) is -0.730. The van der Waals surface area contributed by atoms with Gasteiger partial charge < -0.3 is 5.73 Å². The van der Waals surface area contributed by atoms with E-state index in [1.807, 2.05) is 0 Å². The van der Waals surface area contributed by atoms with Gasteiger partial charge in [-0.3, -0.25) is 0 Å². The molecule has 0 unspecified atom stereocenters. The molecule has 0 heterocycles. The van der Waals surface area contributed by atoms with Crippen LogP contribution in [-0.4, -0.2) is 20.5 Å². The highest BCUT2D eigenvalue weighted by molar-refractivity contribution is 7.89. The number of aryl methyl sites for hydroxylation is 1. The van der Waals surface area contributed by atoms with Crippen LogP contribution in [0.15, 0.2) is 23.1 Å². The van der Waals surface area contributed by atoms with Gasteiger partial charge in [-0.15, -0.1) is 0 Å². The Kier molecular flexibility index (Phi) is 3.20. The van der Waals surface area contributed by atoms with Crippen LogP contribution in [0.1, 0.15) is 18.4 Å². The molecule has 2 rings (SSSR count). The molecule has 0 atom stereocenters. The van der Waals surface area contributed by atoms with Gasteiger partial charge in [0.1, 0.15) is 10.7 Å². The molecule has 94 valence electrons. The zero-order chi connectivity index (χ0) is 12.6. The van der Waals surface area contributed by atoms with Gasteiger partial charge in [0.2, 0.25) is 10.0 Å². The van der Waals surface area contributed by atoms with Crippen LogP contribution in [0.5, 0.6) is 0 Å². The fourth-order valence-corrected chi connectivity index (χ4v) is 3.28. The summed E-state index contributed by atoms with van der Waals surface area (Å²) in [5.41, 5.74) is 6.28. The normalized spacial score (nSPS) is 24.4. The maximum Gasteiger partial charge on any atom is 0.243 e. The quantitative estimate of drug-likeness (QED) is 0.846. The molecule has 0 aliphatic heterocycles. The predicted octanol–water partition coefficient (Wildman–Crippen LogP) is 0.902. The summed E-state index contributed by atoms with van der Waals surface area (Å²) < 4.78 is 39.8. The molecule has 0 saturated heterocycles. The van der Waals surface area contributed by atoms with Gasteiger partial charge in [-0.1, -0.05) is 6.07 Å². The molecule has 0 spiro atoms. The first-order valence-electron chi connectivity index (χ1n) is 5.42. The minimum absolute atomic E-state index is 0.0463. The first-order valence-corrected chi connectivity index (χ1v) is 6.91. The Morgan fingerprint density at radius 2 is 2.06 bits per heavy atom. The van der Waals surface area contributed by atoms with Crippen LogP contribution < -0.4 is 10.5 Å². The van der Waals surface area contributed by atoms with Crippen molar-refractivity contribution in [1.82, 2.24) is 4.72 Å². The highest BCUT2D eigenvalue weighted by Crippen LogP contribution is 2.22. The number of hydrogen-bond donors (Lipinski definition) is 2. The predicted molar refractivity (Wildman–Crippen MR) is 62.5 cm³/mol. The second kappa shape index (κ2) is 4.36. The molecule has 3 N–H and O–H groups in total. The Morgan fingerprint density at radius 1 is 1.41 bits per heavy atom. The first kappa shape index (κ1) is 12.5. The molecule has 0 radical (unpaired) electrons. The number of halogens is 1. The highest BCUT2D eigenvalue weighted by atomic mass is 32.2. The molecule has 1 fully saturated rings. The van der Waals surface area contributed by atoms with Crippen molar-refractivity contribution >= 4 is 10.0 Å². The molecule has 0 aromatic heterocycles. The second-order valence-electron chi connectivity index (χ2n) is 4.48. The van der Waals surface area contributed by atoms with Gasteiger partial charge in [0.05, 0.1) is 0 Å². The lowest BCUT2D eigenvalue weighted by Crippen LogP contribution is -2.50. The van der Waals surface area contributed by atoms with Crippen LogP contribution in [-0.2, 0) is 10.0 Å². The van der Waals surface area contributed by atoms with Gasteiger partial charge in [-0.05, 0) is 37.5 Å². The first-order chi connectivity index (χ1) is 7.88. The lowest BCUT2D eigenvalue weighted by Gasteiger charge is -2.32. The highest BCUT2D eigenvalue weighted by Gasteiger charge is 2.31. The van der Waals surface area contributed by atoms with Crippen LogP contribution in [0.3, 0.4) is 0 Å². The van der Waals surface area contributed by atoms with Crippen LogP contribution in [0.4, 0.5) is 4.39 Å². The molecule has 1 aromatic rings. The van der Waals surface area contributed by atoms with Crippen molar-refractivity contribution in [2.45, 2.75) is 36.7 Å². The van der Waals surface area contributed by atoms with E-state index < -0.39 is 15.8 Å². The molecule has 1 aliphatic carbocycles. The molecule has 17 heavy (non-hydrogen) atoms. The van der Waals surface area contributed by atoms with Crippen LogP contribution in [0.25, 0.3) is 0 Å². The number of sulfonamides is 1. The van der Waals surface area contributed by atoms with Gasteiger partial charge in [0.15, 0.2) is 0 Å². The maximum atomic E-state index is 13.5. The molecule has 1 aliphatic rings. The van der Waals surface area contributed by atoms with E-state index in [4.69, 9.17) is 5.73 Å². The van der Waals surface area contributed by atoms with Crippen molar-refractivity contribution in [2.75, 3.05) is 0 Å². The van der Waals surface area contributed by atoms with Crippen molar-refractivity contribution in [2.24, 2.45) is 5.73 Å². The Bertz CT molecular complexity index is 524. The lowest BCUT2D eigenvalue weighted by atomic mass is 9.89. The zero-order valence-electron chi connectivity index (χ0n) is 9.48. The van der Waals surface area contributed by atoms with Crippen LogP contribution in [0.2, 0.25) is 0 Å². The second-order valence-corrected chi connectivity index (χ2v) is 6.17. The van der Waals surface area contributed by atoms with Gasteiger partial charge in [0.25, 0.3) is 0 Å². The Hall–Kier alpha value is -0.980. The van der Waals surface area contributed by atoms with Crippen molar-refractivity contribution in [1.29, 1.82) is 0 Å². The summed E-state index contributed by atoms with van der Waals surface area (Å²) >= 11 is 0. The van der Waals surface area contributed by atoms with E-state index in [-0.39, 0.29) is 17.0 Å². The monoisotopic (exact) mass is 258 g/mol. The van der Waals surface area contributed by atoms with Gasteiger partial charge >= 0.3 is 0 Å². The SMILES string of the molecule is Cc1ccc(F)c(S(=O)(=O)NC2CC(N)C2)c1.